The molecular weight excluding hydrogens is 294 g/mol. The lowest BCUT2D eigenvalue weighted by Crippen LogP contribution is -1.98. The number of rotatable bonds is 4. The van der Waals surface area contributed by atoms with Crippen LogP contribution in [0.2, 0.25) is 0 Å². The number of hydrogen-bond donors (Lipinski definition) is 4. The molecule has 0 amide bonds. The molecule has 0 bridgehead atoms. The zero-order valence-electron chi connectivity index (χ0n) is 9.47. The van der Waals surface area contributed by atoms with Crippen LogP contribution in [0, 0.1) is 0 Å². The third kappa shape index (κ3) is 24.3. The van der Waals surface area contributed by atoms with Crippen LogP contribution in [0.3, 0.4) is 0 Å². The molecule has 0 unspecified atom stereocenters. The van der Waals surface area contributed by atoms with Crippen LogP contribution in [0.1, 0.15) is 27.7 Å². The molecule has 0 saturated heterocycles. The molecule has 10 heteroatoms. The molecule has 100 valence electrons. The smallest absolute Gasteiger partial charge is 0.322 e. The van der Waals surface area contributed by atoms with Crippen molar-refractivity contribution >= 4 is 37.1 Å². The predicted molar refractivity (Wildman–Crippen MR) is 69.9 cm³/mol. The van der Waals surface area contributed by atoms with E-state index >= 15 is 0 Å². The predicted octanol–water partition coefficient (Wildman–Crippen LogP) is 1.24. The van der Waals surface area contributed by atoms with Gasteiger partial charge in [-0.1, -0.05) is 0 Å². The Morgan fingerprint density at radius 3 is 0.938 bits per heavy atom. The fourth-order valence-electron chi connectivity index (χ4n) is 0.549. The minimum Gasteiger partial charge on any atom is -0.325 e. The van der Waals surface area contributed by atoms with Crippen LogP contribution in [0.4, 0.5) is 0 Å². The zero-order chi connectivity index (χ0) is 13.6. The molecule has 0 aromatic heterocycles. The Labute approximate surface area is 106 Å². The van der Waals surface area contributed by atoms with E-state index in [0.717, 1.165) is 0 Å². The van der Waals surface area contributed by atoms with Crippen LogP contribution >= 0.6 is 13.4 Å². The van der Waals surface area contributed by atoms with Crippen LogP contribution in [0.25, 0.3) is 0 Å². The molecule has 6 nitrogen and oxygen atoms in total. The fourth-order valence-corrected chi connectivity index (χ4v) is 2.68. The van der Waals surface area contributed by atoms with Crippen molar-refractivity contribution in [2.75, 3.05) is 0 Å². The van der Waals surface area contributed by atoms with E-state index in [1.807, 2.05) is 0 Å². The first-order valence-corrected chi connectivity index (χ1v) is 9.56. The van der Waals surface area contributed by atoms with Crippen molar-refractivity contribution in [3.05, 3.63) is 0 Å². The molecule has 0 heterocycles. The van der Waals surface area contributed by atoms with Gasteiger partial charge in [-0.3, -0.25) is 0 Å². The lowest BCUT2D eigenvalue weighted by atomic mass is 10.5. The molecule has 0 rings (SSSR count). The van der Waals surface area contributed by atoms with Gasteiger partial charge in [0.05, 0.1) is 12.2 Å². The van der Waals surface area contributed by atoms with Gasteiger partial charge in [-0.2, -0.15) is 0 Å². The summed E-state index contributed by atoms with van der Waals surface area (Å²) in [6.07, 6.45) is -0.424. The van der Waals surface area contributed by atoms with Gasteiger partial charge >= 0.3 is 13.4 Å². The SMILES string of the molecule is CC(C)OP(O)(O)=S.CC(C)OP(O)(O)=S. The molecule has 0 fully saturated rings. The molecule has 0 aromatic carbocycles. The van der Waals surface area contributed by atoms with E-state index < -0.39 is 13.4 Å². The third-order valence-electron chi connectivity index (χ3n) is 0.696. The minimum atomic E-state index is -3.39. The number of hydrogen-bond acceptors (Lipinski definition) is 4. The van der Waals surface area contributed by atoms with Gasteiger partial charge in [-0.05, 0) is 51.3 Å². The first-order chi connectivity index (χ1) is 6.83. The van der Waals surface area contributed by atoms with Crippen molar-refractivity contribution in [3.63, 3.8) is 0 Å². The fraction of sp³-hybridized carbons (Fsp3) is 1.00. The van der Waals surface area contributed by atoms with E-state index in [0.29, 0.717) is 0 Å². The van der Waals surface area contributed by atoms with Crippen LogP contribution in [0.15, 0.2) is 0 Å². The molecule has 0 atom stereocenters. The van der Waals surface area contributed by atoms with Gasteiger partial charge in [-0.25, -0.2) is 0 Å². The summed E-state index contributed by atoms with van der Waals surface area (Å²) < 4.78 is 8.95. The summed E-state index contributed by atoms with van der Waals surface area (Å²) in [6.45, 7) is -0.0251. The maximum Gasteiger partial charge on any atom is 0.322 e. The van der Waals surface area contributed by atoms with E-state index in [2.05, 4.69) is 32.7 Å². The Morgan fingerprint density at radius 2 is 0.938 bits per heavy atom. The Hall–Kier alpha value is 1.06. The van der Waals surface area contributed by atoms with Crippen LogP contribution in [-0.4, -0.2) is 31.8 Å². The third-order valence-corrected chi connectivity index (χ3v) is 2.61. The van der Waals surface area contributed by atoms with E-state index in [1.165, 1.54) is 0 Å². The maximum atomic E-state index is 8.45. The largest absolute Gasteiger partial charge is 0.325 e. The van der Waals surface area contributed by atoms with Gasteiger partial charge < -0.3 is 28.6 Å². The van der Waals surface area contributed by atoms with Crippen molar-refractivity contribution in [2.45, 2.75) is 39.9 Å². The summed E-state index contributed by atoms with van der Waals surface area (Å²) in [6, 6.07) is 0. The van der Waals surface area contributed by atoms with Gasteiger partial charge in [0.25, 0.3) is 0 Å². The molecule has 0 aliphatic rings. The van der Waals surface area contributed by atoms with Gasteiger partial charge in [0.15, 0.2) is 0 Å². The summed E-state index contributed by atoms with van der Waals surface area (Å²) in [5, 5.41) is 0. The molecule has 16 heavy (non-hydrogen) atoms. The minimum absolute atomic E-state index is 0.212. The van der Waals surface area contributed by atoms with Crippen molar-refractivity contribution in [1.82, 2.24) is 0 Å². The van der Waals surface area contributed by atoms with Gasteiger partial charge in [0.1, 0.15) is 0 Å². The second-order valence-corrected chi connectivity index (χ2v) is 8.53. The highest BCUT2D eigenvalue weighted by molar-refractivity contribution is 8.07. The molecule has 0 spiro atoms. The first-order valence-electron chi connectivity index (χ1n) is 4.31. The normalized spacial score (nSPS) is 12.6. The van der Waals surface area contributed by atoms with E-state index in [9.17, 15) is 0 Å². The highest BCUT2D eigenvalue weighted by Gasteiger charge is 2.09. The van der Waals surface area contributed by atoms with Crippen LogP contribution < -0.4 is 0 Å². The quantitative estimate of drug-likeness (QED) is 0.576. The zero-order valence-corrected chi connectivity index (χ0v) is 12.9. The van der Waals surface area contributed by atoms with E-state index in [4.69, 9.17) is 19.6 Å². The van der Waals surface area contributed by atoms with Crippen molar-refractivity contribution in [1.29, 1.82) is 0 Å². The van der Waals surface area contributed by atoms with Crippen LogP contribution in [0.5, 0.6) is 0 Å². The Morgan fingerprint density at radius 1 is 0.750 bits per heavy atom. The molecule has 0 aromatic rings. The topological polar surface area (TPSA) is 99.4 Å². The Bertz CT molecular complexity index is 242. The lowest BCUT2D eigenvalue weighted by molar-refractivity contribution is 0.197. The monoisotopic (exact) mass is 312 g/mol. The molecular formula is C6H18O6P2S2. The summed E-state index contributed by atoms with van der Waals surface area (Å²) in [7, 11) is 0. The van der Waals surface area contributed by atoms with Gasteiger partial charge in [0, 0.05) is 0 Å². The van der Waals surface area contributed by atoms with E-state index in [1.54, 1.807) is 27.7 Å². The van der Waals surface area contributed by atoms with Gasteiger partial charge in [-0.15, -0.1) is 0 Å². The second kappa shape index (κ2) is 8.21. The van der Waals surface area contributed by atoms with Crippen molar-refractivity contribution < 1.29 is 28.6 Å². The molecule has 0 aliphatic carbocycles. The molecule has 0 aliphatic heterocycles. The van der Waals surface area contributed by atoms with Gasteiger partial charge in [0.2, 0.25) is 0 Å². The highest BCUT2D eigenvalue weighted by atomic mass is 32.5. The molecule has 4 N–H and O–H groups in total. The average Bonchev–Trinajstić information content (AvgIpc) is 1.72. The van der Waals surface area contributed by atoms with Crippen LogP contribution in [-0.2, 0) is 32.7 Å². The molecule has 0 radical (unpaired) electrons. The van der Waals surface area contributed by atoms with Crippen molar-refractivity contribution in [3.8, 4) is 0 Å². The average molecular weight is 312 g/mol. The Kier molecular flexibility index (Phi) is 9.96. The maximum absolute atomic E-state index is 8.45. The standard InChI is InChI=1S/2C3H9O3PS/c2*1-3(2)6-7(4,5)8/h2*3H,1-2H3,(H2,4,5,8). The summed E-state index contributed by atoms with van der Waals surface area (Å²) in [5.74, 6) is 0. The lowest BCUT2D eigenvalue weighted by Gasteiger charge is -2.10. The molecule has 0 saturated carbocycles. The Balaban J connectivity index is 0. The highest BCUT2D eigenvalue weighted by Crippen LogP contribution is 2.38. The first kappa shape index (κ1) is 19.4. The summed E-state index contributed by atoms with van der Waals surface area (Å²) in [4.78, 5) is 33.8. The summed E-state index contributed by atoms with van der Waals surface area (Å²) in [5.41, 5.74) is 0. The van der Waals surface area contributed by atoms with Crippen molar-refractivity contribution in [2.24, 2.45) is 0 Å². The second-order valence-electron chi connectivity index (χ2n) is 3.29. The summed E-state index contributed by atoms with van der Waals surface area (Å²) >= 11 is 8.32. The van der Waals surface area contributed by atoms with E-state index in [-0.39, 0.29) is 12.2 Å².